The van der Waals surface area contributed by atoms with Crippen molar-refractivity contribution >= 4 is 19.7 Å². The highest BCUT2D eigenvalue weighted by Gasteiger charge is 2.28. The van der Waals surface area contributed by atoms with Crippen LogP contribution in [0.4, 0.5) is 0 Å². The molecule has 0 saturated carbocycles. The molecule has 1 fully saturated rings. The minimum atomic E-state index is -0.441. The molecule has 15 heavy (non-hydrogen) atoms. The summed E-state index contributed by atoms with van der Waals surface area (Å²) < 4.78 is 9.68. The van der Waals surface area contributed by atoms with Crippen LogP contribution in [-0.2, 0) is 19.1 Å². The number of esters is 1. The van der Waals surface area contributed by atoms with Crippen LogP contribution < -0.4 is 0 Å². The lowest BCUT2D eigenvalue weighted by atomic mass is 10.0. The molecule has 0 spiro atoms. The highest BCUT2D eigenvalue weighted by Crippen LogP contribution is 2.13. The van der Waals surface area contributed by atoms with Crippen LogP contribution in [0.15, 0.2) is 0 Å². The van der Waals surface area contributed by atoms with Crippen LogP contribution in [0.2, 0.25) is 6.32 Å². The van der Waals surface area contributed by atoms with Crippen molar-refractivity contribution in [3.05, 3.63) is 0 Å². The molecule has 1 aliphatic heterocycles. The number of carbonyl (C=O) groups excluding carboxylic acids is 2. The summed E-state index contributed by atoms with van der Waals surface area (Å²) in [6, 6.07) is -0.0554. The second-order valence-corrected chi connectivity index (χ2v) is 3.32. The summed E-state index contributed by atoms with van der Waals surface area (Å²) in [6.45, 7) is 1.02. The van der Waals surface area contributed by atoms with Crippen molar-refractivity contribution < 1.29 is 19.1 Å². The maximum absolute atomic E-state index is 11.5. The van der Waals surface area contributed by atoms with Crippen molar-refractivity contribution in [2.75, 3.05) is 26.9 Å². The number of hydrogen-bond donors (Lipinski definition) is 0. The monoisotopic (exact) mass is 211 g/mol. The molecule has 0 aromatic heterocycles. The Morgan fingerprint density at radius 3 is 2.80 bits per heavy atom. The molecule has 2 radical (unpaired) electrons. The predicted octanol–water partition coefficient (Wildman–Crippen LogP) is -0.636. The van der Waals surface area contributed by atoms with Gasteiger partial charge in [-0.3, -0.25) is 9.59 Å². The Morgan fingerprint density at radius 1 is 1.60 bits per heavy atom. The Kier molecular flexibility index (Phi) is 4.61. The summed E-state index contributed by atoms with van der Waals surface area (Å²) in [5.74, 6) is -0.695. The number of ether oxygens (including phenoxy) is 2. The van der Waals surface area contributed by atoms with Gasteiger partial charge in [0.1, 0.15) is 6.54 Å². The minimum absolute atomic E-state index is 0.0550. The molecule has 1 amide bonds. The molecule has 1 rings (SSSR count). The van der Waals surface area contributed by atoms with E-state index in [1.807, 2.05) is 0 Å². The van der Waals surface area contributed by atoms with E-state index in [4.69, 9.17) is 12.6 Å². The lowest BCUT2D eigenvalue weighted by Crippen LogP contribution is -2.43. The first kappa shape index (κ1) is 12.0. The van der Waals surface area contributed by atoms with E-state index in [-0.39, 0.29) is 24.8 Å². The third-order valence-electron chi connectivity index (χ3n) is 2.37. The average Bonchev–Trinajstić information content (AvgIpc) is 2.77. The van der Waals surface area contributed by atoms with Gasteiger partial charge in [-0.2, -0.15) is 0 Å². The van der Waals surface area contributed by atoms with Gasteiger partial charge in [0.15, 0.2) is 0 Å². The number of nitrogens with zero attached hydrogens (tertiary/aromatic N) is 1. The molecule has 1 saturated heterocycles. The fraction of sp³-hybridized carbons (Fsp3) is 0.778. The van der Waals surface area contributed by atoms with E-state index in [1.165, 1.54) is 12.0 Å². The van der Waals surface area contributed by atoms with Crippen LogP contribution >= 0.6 is 0 Å². The number of carbonyl (C=O) groups is 2. The first-order valence-corrected chi connectivity index (χ1v) is 4.83. The summed E-state index contributed by atoms with van der Waals surface area (Å²) in [5.41, 5.74) is 0. The third kappa shape index (κ3) is 3.23. The second kappa shape index (κ2) is 5.75. The lowest BCUT2D eigenvalue weighted by Gasteiger charge is -2.26. The van der Waals surface area contributed by atoms with Gasteiger partial charge in [-0.05, 0) is 12.7 Å². The largest absolute Gasteiger partial charge is 0.468 e. The molecule has 0 N–H and O–H groups in total. The minimum Gasteiger partial charge on any atom is -0.468 e. The van der Waals surface area contributed by atoms with Crippen LogP contribution in [0.5, 0.6) is 0 Å². The molecule has 1 atom stereocenters. The fourth-order valence-corrected chi connectivity index (χ4v) is 1.51. The summed E-state index contributed by atoms with van der Waals surface area (Å²) in [5, 5.41) is 0. The van der Waals surface area contributed by atoms with Crippen molar-refractivity contribution in [2.24, 2.45) is 0 Å². The van der Waals surface area contributed by atoms with Gasteiger partial charge in [-0.1, -0.05) is 0 Å². The van der Waals surface area contributed by atoms with E-state index in [9.17, 15) is 9.59 Å². The summed E-state index contributed by atoms with van der Waals surface area (Å²) in [6.07, 6.45) is 0.635. The predicted molar refractivity (Wildman–Crippen MR) is 53.5 cm³/mol. The average molecular weight is 211 g/mol. The van der Waals surface area contributed by atoms with Crippen LogP contribution in [0.25, 0.3) is 0 Å². The molecular formula is C9H14BNO4. The summed E-state index contributed by atoms with van der Waals surface area (Å²) in [4.78, 5) is 24.0. The Balaban J connectivity index is 2.59. The van der Waals surface area contributed by atoms with Crippen molar-refractivity contribution in [1.29, 1.82) is 0 Å². The summed E-state index contributed by atoms with van der Waals surface area (Å²) in [7, 11) is 6.56. The SMILES string of the molecule is [B]CC(=O)N(CC(=O)OC)C1CCOC1. The topological polar surface area (TPSA) is 55.8 Å². The maximum atomic E-state index is 11.5. The molecule has 6 heteroatoms. The molecule has 1 heterocycles. The van der Waals surface area contributed by atoms with Gasteiger partial charge in [0.05, 0.1) is 27.6 Å². The van der Waals surface area contributed by atoms with E-state index >= 15 is 0 Å². The Bertz CT molecular complexity index is 240. The van der Waals surface area contributed by atoms with Crippen molar-refractivity contribution in [2.45, 2.75) is 18.8 Å². The number of amides is 1. The molecule has 0 aromatic carbocycles. The maximum Gasteiger partial charge on any atom is 0.325 e. The molecule has 5 nitrogen and oxygen atoms in total. The molecule has 1 aliphatic rings. The van der Waals surface area contributed by atoms with Gasteiger partial charge in [-0.15, -0.1) is 0 Å². The van der Waals surface area contributed by atoms with Gasteiger partial charge in [0, 0.05) is 6.61 Å². The Morgan fingerprint density at radius 2 is 2.33 bits per heavy atom. The van der Waals surface area contributed by atoms with Gasteiger partial charge < -0.3 is 14.4 Å². The van der Waals surface area contributed by atoms with Crippen molar-refractivity contribution in [3.63, 3.8) is 0 Å². The van der Waals surface area contributed by atoms with Crippen LogP contribution in [0.1, 0.15) is 6.42 Å². The molecule has 0 aromatic rings. The Labute approximate surface area is 90.1 Å². The van der Waals surface area contributed by atoms with E-state index in [0.29, 0.717) is 13.2 Å². The quantitative estimate of drug-likeness (QED) is 0.458. The number of rotatable bonds is 4. The highest BCUT2D eigenvalue weighted by molar-refractivity contribution is 6.19. The van der Waals surface area contributed by atoms with Crippen molar-refractivity contribution in [1.82, 2.24) is 4.90 Å². The van der Waals surface area contributed by atoms with Crippen LogP contribution in [0.3, 0.4) is 0 Å². The number of hydrogen-bond acceptors (Lipinski definition) is 4. The molecule has 1 unspecified atom stereocenters. The van der Waals surface area contributed by atoms with Gasteiger partial charge in [0.25, 0.3) is 0 Å². The third-order valence-corrected chi connectivity index (χ3v) is 2.37. The molecule has 0 bridgehead atoms. The van der Waals surface area contributed by atoms with E-state index in [1.54, 1.807) is 0 Å². The summed E-state index contributed by atoms with van der Waals surface area (Å²) >= 11 is 0. The van der Waals surface area contributed by atoms with E-state index in [0.717, 1.165) is 6.42 Å². The standard InChI is InChI=1S/C9H14BNO4/c1-14-9(13)5-11(8(12)4-10)7-2-3-15-6-7/h7H,2-6H2,1H3. The fourth-order valence-electron chi connectivity index (χ4n) is 1.51. The normalized spacial score (nSPS) is 19.9. The highest BCUT2D eigenvalue weighted by atomic mass is 16.5. The molecular weight excluding hydrogens is 197 g/mol. The van der Waals surface area contributed by atoms with E-state index < -0.39 is 5.97 Å². The zero-order chi connectivity index (χ0) is 11.3. The van der Waals surface area contributed by atoms with E-state index in [2.05, 4.69) is 4.74 Å². The number of methoxy groups -OCH3 is 1. The smallest absolute Gasteiger partial charge is 0.325 e. The van der Waals surface area contributed by atoms with Crippen LogP contribution in [-0.4, -0.2) is 57.5 Å². The first-order chi connectivity index (χ1) is 7.19. The zero-order valence-electron chi connectivity index (χ0n) is 8.77. The van der Waals surface area contributed by atoms with Crippen molar-refractivity contribution in [3.8, 4) is 0 Å². The van der Waals surface area contributed by atoms with Crippen LogP contribution in [0, 0.1) is 0 Å². The van der Waals surface area contributed by atoms with Gasteiger partial charge in [0.2, 0.25) is 5.91 Å². The Hall–Kier alpha value is -1.04. The van der Waals surface area contributed by atoms with Gasteiger partial charge >= 0.3 is 5.97 Å². The first-order valence-electron chi connectivity index (χ1n) is 4.83. The molecule has 82 valence electrons. The molecule has 0 aliphatic carbocycles. The second-order valence-electron chi connectivity index (χ2n) is 3.32. The lowest BCUT2D eigenvalue weighted by molar-refractivity contribution is -0.147. The zero-order valence-corrected chi connectivity index (χ0v) is 8.77. The van der Waals surface area contributed by atoms with Gasteiger partial charge in [-0.25, -0.2) is 0 Å².